The number of rotatable bonds is 5. The first-order chi connectivity index (χ1) is 13.4. The number of nitrogens with zero attached hydrogens (tertiary/aromatic N) is 2. The Hall–Kier alpha value is -2.60. The van der Waals surface area contributed by atoms with E-state index in [1.54, 1.807) is 0 Å². The number of carbonyl (C=O) groups excluding carboxylic acids is 2. The SMILES string of the molecule is CC(C)(C)OC=O.O=C(c1c2ccn1-2)N1CCC(NCc2ccccc2)CC1. The number of carbonyl (C=O) groups is 2. The van der Waals surface area contributed by atoms with Gasteiger partial charge in [0.05, 0.1) is 5.69 Å². The molecule has 0 bridgehead atoms. The number of amides is 1. The van der Waals surface area contributed by atoms with Crippen molar-refractivity contribution in [3.63, 3.8) is 0 Å². The van der Waals surface area contributed by atoms with Crippen molar-refractivity contribution in [2.75, 3.05) is 13.1 Å². The molecule has 0 aromatic heterocycles. The van der Waals surface area contributed by atoms with E-state index in [1.807, 2.05) is 48.6 Å². The van der Waals surface area contributed by atoms with E-state index >= 15 is 0 Å². The zero-order valence-corrected chi connectivity index (χ0v) is 16.9. The number of ether oxygens (including phenoxy) is 1. The van der Waals surface area contributed by atoms with E-state index in [4.69, 9.17) is 0 Å². The molecule has 0 unspecified atom stereocenters. The molecule has 0 spiro atoms. The molecule has 1 fully saturated rings. The minimum absolute atomic E-state index is 0.205. The number of nitrogens with one attached hydrogen (secondary N) is 1. The average molecular weight is 383 g/mol. The summed E-state index contributed by atoms with van der Waals surface area (Å²) in [5.74, 6) is 0.205. The Balaban J connectivity index is 0.000000279. The van der Waals surface area contributed by atoms with E-state index in [0.717, 1.165) is 43.9 Å². The van der Waals surface area contributed by atoms with Crippen molar-refractivity contribution in [1.29, 1.82) is 0 Å². The van der Waals surface area contributed by atoms with Crippen LogP contribution in [0.2, 0.25) is 0 Å². The van der Waals surface area contributed by atoms with Gasteiger partial charge in [0.25, 0.3) is 12.4 Å². The normalized spacial score (nSPS) is 15.5. The first-order valence-corrected chi connectivity index (χ1v) is 9.79. The number of likely N-dealkylation sites (tertiary alicyclic amines) is 1. The quantitative estimate of drug-likeness (QED) is 0.688. The minimum Gasteiger partial charge on any atom is -0.462 e. The molecular formula is C22H29N3O3. The molecule has 28 heavy (non-hydrogen) atoms. The Morgan fingerprint density at radius 1 is 1.18 bits per heavy atom. The van der Waals surface area contributed by atoms with Crippen LogP contribution in [0.1, 0.15) is 49.7 Å². The molecule has 1 amide bonds. The van der Waals surface area contributed by atoms with Crippen LogP contribution in [-0.4, -0.2) is 46.6 Å². The molecule has 0 aliphatic carbocycles. The average Bonchev–Trinajstić information content (AvgIpc) is 3.20. The third-order valence-corrected chi connectivity index (χ3v) is 4.90. The maximum absolute atomic E-state index is 12.3. The van der Waals surface area contributed by atoms with Crippen LogP contribution >= 0.6 is 0 Å². The number of fused-ring (bicyclic) bond motifs is 1. The Bertz CT molecular complexity index is 781. The Labute approximate surface area is 166 Å². The van der Waals surface area contributed by atoms with Crippen molar-refractivity contribution >= 4 is 12.4 Å². The smallest absolute Gasteiger partial charge is 0.293 e. The van der Waals surface area contributed by atoms with Gasteiger partial charge in [-0.2, -0.15) is 0 Å². The van der Waals surface area contributed by atoms with Crippen LogP contribution in [0, 0.1) is 0 Å². The predicted molar refractivity (Wildman–Crippen MR) is 108 cm³/mol. The second-order valence-electron chi connectivity index (χ2n) is 8.18. The summed E-state index contributed by atoms with van der Waals surface area (Å²) in [6.45, 7) is 8.54. The summed E-state index contributed by atoms with van der Waals surface area (Å²) in [5, 5.41) is 3.60. The van der Waals surface area contributed by atoms with Gasteiger partial charge in [0.1, 0.15) is 11.3 Å². The lowest BCUT2D eigenvalue weighted by Crippen LogP contribution is -2.44. The fraction of sp³-hybridized carbons (Fsp3) is 0.455. The lowest BCUT2D eigenvalue weighted by atomic mass is 10.0. The highest BCUT2D eigenvalue weighted by molar-refractivity contribution is 6.02. The third kappa shape index (κ3) is 5.23. The number of piperidine rings is 1. The maximum Gasteiger partial charge on any atom is 0.293 e. The van der Waals surface area contributed by atoms with E-state index < -0.39 is 0 Å². The van der Waals surface area contributed by atoms with Gasteiger partial charge in [0, 0.05) is 31.9 Å². The second kappa shape index (κ2) is 8.61. The zero-order chi connectivity index (χ0) is 20.1. The van der Waals surface area contributed by atoms with Crippen LogP contribution in [0.15, 0.2) is 42.6 Å². The summed E-state index contributed by atoms with van der Waals surface area (Å²) < 4.78 is 6.52. The second-order valence-corrected chi connectivity index (χ2v) is 8.18. The van der Waals surface area contributed by atoms with E-state index in [1.165, 1.54) is 5.56 Å². The van der Waals surface area contributed by atoms with Crippen molar-refractivity contribution in [2.45, 2.75) is 51.8 Å². The molecular weight excluding hydrogens is 354 g/mol. The molecule has 1 saturated heterocycles. The van der Waals surface area contributed by atoms with Gasteiger partial charge in [-0.15, -0.1) is 0 Å². The summed E-state index contributed by atoms with van der Waals surface area (Å²) in [7, 11) is 0. The number of aromatic nitrogens is 1. The third-order valence-electron chi connectivity index (χ3n) is 4.90. The Kier molecular flexibility index (Phi) is 6.19. The highest BCUT2D eigenvalue weighted by atomic mass is 16.5. The zero-order valence-electron chi connectivity index (χ0n) is 16.9. The van der Waals surface area contributed by atoms with Crippen molar-refractivity contribution < 1.29 is 14.3 Å². The highest BCUT2D eigenvalue weighted by Gasteiger charge is 2.35. The molecule has 6 heteroatoms. The van der Waals surface area contributed by atoms with Crippen LogP contribution in [0.25, 0.3) is 5.69 Å². The summed E-state index contributed by atoms with van der Waals surface area (Å²) in [4.78, 5) is 23.9. The minimum atomic E-state index is -0.318. The van der Waals surface area contributed by atoms with Crippen LogP contribution < -0.4 is 5.32 Å². The maximum atomic E-state index is 12.3. The summed E-state index contributed by atoms with van der Waals surface area (Å²) in [5.41, 5.74) is 3.01. The van der Waals surface area contributed by atoms with Gasteiger partial charge in [0.2, 0.25) is 0 Å². The standard InChI is InChI=1S/C17H19N3O.C5H10O2/c21-17(16-15-8-11-20(15)16)19-9-6-14(7-10-19)18-12-13-4-2-1-3-5-13;1-5(2,3)7-4-6/h1-5,8,11,14,18H,6-7,9-10,12H2;4H,1-3H3. The molecule has 3 aliphatic heterocycles. The topological polar surface area (TPSA) is 63.6 Å². The van der Waals surface area contributed by atoms with Crippen LogP contribution in [0.5, 0.6) is 0 Å². The first kappa shape index (κ1) is 20.1. The van der Waals surface area contributed by atoms with Gasteiger partial charge >= 0.3 is 0 Å². The molecule has 1 aromatic rings. The molecule has 3 heterocycles. The fourth-order valence-corrected chi connectivity index (χ4v) is 3.22. The Morgan fingerprint density at radius 2 is 1.82 bits per heavy atom. The number of hydrogen-bond acceptors (Lipinski definition) is 4. The van der Waals surface area contributed by atoms with Gasteiger partial charge in [-0.05, 0) is 45.2 Å². The molecule has 4 rings (SSSR count). The van der Waals surface area contributed by atoms with Gasteiger partial charge in [0.15, 0.2) is 0 Å². The van der Waals surface area contributed by atoms with Crippen LogP contribution in [0.3, 0.4) is 0 Å². The number of benzene rings is 1. The highest BCUT2D eigenvalue weighted by Crippen LogP contribution is 2.33. The van der Waals surface area contributed by atoms with Crippen LogP contribution in [0.4, 0.5) is 0 Å². The number of hydrogen-bond donors (Lipinski definition) is 1. The molecule has 0 radical (unpaired) electrons. The lowest BCUT2D eigenvalue weighted by Gasteiger charge is -2.31. The van der Waals surface area contributed by atoms with E-state index in [0.29, 0.717) is 12.5 Å². The fourth-order valence-electron chi connectivity index (χ4n) is 3.22. The van der Waals surface area contributed by atoms with Crippen molar-refractivity contribution in [3.8, 4) is 5.69 Å². The molecule has 6 nitrogen and oxygen atoms in total. The van der Waals surface area contributed by atoms with E-state index in [2.05, 4.69) is 34.3 Å². The molecule has 1 N–H and O–H groups in total. The summed E-state index contributed by atoms with van der Waals surface area (Å²) >= 11 is 0. The van der Waals surface area contributed by atoms with Crippen LogP contribution in [-0.2, 0) is 16.1 Å². The summed E-state index contributed by atoms with van der Waals surface area (Å²) in [6, 6.07) is 13.0. The predicted octanol–water partition coefficient (Wildman–Crippen LogP) is 3.14. The summed E-state index contributed by atoms with van der Waals surface area (Å²) in [6.07, 6.45) is 4.03. The van der Waals surface area contributed by atoms with Gasteiger partial charge in [-0.3, -0.25) is 9.59 Å². The molecule has 150 valence electrons. The monoisotopic (exact) mass is 383 g/mol. The molecule has 1 aromatic carbocycles. The molecule has 0 atom stereocenters. The largest absolute Gasteiger partial charge is 0.462 e. The van der Waals surface area contributed by atoms with Crippen molar-refractivity contribution in [1.82, 2.24) is 14.8 Å². The molecule has 3 aliphatic rings. The van der Waals surface area contributed by atoms with Gasteiger partial charge in [-0.1, -0.05) is 30.3 Å². The van der Waals surface area contributed by atoms with E-state index in [-0.39, 0.29) is 11.5 Å². The lowest BCUT2D eigenvalue weighted by molar-refractivity contribution is -0.138. The van der Waals surface area contributed by atoms with Crippen molar-refractivity contribution in [2.24, 2.45) is 0 Å². The van der Waals surface area contributed by atoms with Gasteiger partial charge in [-0.25, -0.2) is 0 Å². The Morgan fingerprint density at radius 3 is 2.29 bits per heavy atom. The van der Waals surface area contributed by atoms with E-state index in [9.17, 15) is 9.59 Å². The van der Waals surface area contributed by atoms with Crippen molar-refractivity contribution in [3.05, 3.63) is 53.9 Å². The first-order valence-electron chi connectivity index (χ1n) is 9.79. The van der Waals surface area contributed by atoms with Gasteiger partial charge < -0.3 is 19.5 Å². The molecule has 0 saturated carbocycles.